The molecule has 0 unspecified atom stereocenters. The fraction of sp³-hybridized carbons (Fsp3) is 0.913. The van der Waals surface area contributed by atoms with Gasteiger partial charge < -0.3 is 45.5 Å². The summed E-state index contributed by atoms with van der Waals surface area (Å²) in [6, 6.07) is 0.237. The van der Waals surface area contributed by atoms with Crippen molar-refractivity contribution in [2.45, 2.75) is 130 Å². The van der Waals surface area contributed by atoms with Gasteiger partial charge in [0.25, 0.3) is 0 Å². The molecule has 0 bridgehead atoms. The second kappa shape index (κ2) is 27.0. The van der Waals surface area contributed by atoms with E-state index in [2.05, 4.69) is 25.3 Å². The second-order valence-electron chi connectivity index (χ2n) is 8.18. The molecule has 0 aromatic heterocycles. The number of nitrogens with two attached hydrogens (primary N) is 1. The standard InChI is InChI=1S/C22H45NOS.CH3NOS.Zn/c1-4-5-6-7-8-9-10-11-12-13-14-15-16-17-18-19-20-23(21(2)3)22(24)25;2-1(3)4;/h21H,4-20H2,1-3H3,(H,24,25);(H3,2,3,4);/q;;+2/p-2. The van der Waals surface area contributed by atoms with Crippen LogP contribution in [0.1, 0.15) is 124 Å². The van der Waals surface area contributed by atoms with E-state index in [9.17, 15) is 4.79 Å². The minimum absolute atomic E-state index is 0. The van der Waals surface area contributed by atoms with Crippen molar-refractivity contribution < 1.29 is 29.1 Å². The summed E-state index contributed by atoms with van der Waals surface area (Å²) in [7, 11) is 0. The van der Waals surface area contributed by atoms with Crippen LogP contribution >= 0.6 is 0 Å². The summed E-state index contributed by atoms with van der Waals surface area (Å²) < 4.78 is 0. The molecule has 2 N–H and O–H groups in total. The summed E-state index contributed by atoms with van der Waals surface area (Å²) in [6.07, 6.45) is 22.0. The van der Waals surface area contributed by atoms with Gasteiger partial charge >= 0.3 is 19.5 Å². The van der Waals surface area contributed by atoms with Crippen molar-refractivity contribution in [2.75, 3.05) is 6.54 Å². The van der Waals surface area contributed by atoms with Crippen molar-refractivity contribution in [1.82, 2.24) is 4.90 Å². The monoisotopic (exact) mass is 510 g/mol. The molecule has 0 saturated carbocycles. The van der Waals surface area contributed by atoms with Crippen molar-refractivity contribution in [3.63, 3.8) is 0 Å². The zero-order valence-electron chi connectivity index (χ0n) is 20.0. The van der Waals surface area contributed by atoms with E-state index in [0.29, 0.717) is 0 Å². The number of nitrogens with zero attached hydrogens (tertiary/aromatic N) is 1. The fourth-order valence-electron chi connectivity index (χ4n) is 3.39. The molecule has 0 aromatic rings. The van der Waals surface area contributed by atoms with Gasteiger partial charge in [0.05, 0.1) is 5.24 Å². The molecule has 0 rings (SSSR count). The van der Waals surface area contributed by atoms with Crippen molar-refractivity contribution >= 4 is 35.7 Å². The van der Waals surface area contributed by atoms with Gasteiger partial charge in [-0.1, -0.05) is 103 Å². The van der Waals surface area contributed by atoms with Gasteiger partial charge in [0.15, 0.2) is 0 Å². The van der Waals surface area contributed by atoms with E-state index in [1.165, 1.54) is 96.3 Å². The molecule has 0 fully saturated rings. The maximum Gasteiger partial charge on any atom is 2.00 e. The van der Waals surface area contributed by atoms with Gasteiger partial charge in [-0.3, -0.25) is 0 Å². The number of unbranched alkanes of at least 4 members (excludes halogenated alkanes) is 15. The molecule has 0 aromatic carbocycles. The van der Waals surface area contributed by atoms with Gasteiger partial charge in [0, 0.05) is 12.6 Å². The van der Waals surface area contributed by atoms with Gasteiger partial charge in [-0.05, 0) is 20.3 Å². The average molecular weight is 512 g/mol. The van der Waals surface area contributed by atoms with Crippen LogP contribution in [-0.4, -0.2) is 28.0 Å². The number of primary amides is 1. The van der Waals surface area contributed by atoms with Gasteiger partial charge in [-0.15, -0.1) is 0 Å². The molecule has 0 aliphatic carbocycles. The van der Waals surface area contributed by atoms with Gasteiger partial charge in [-0.25, -0.2) is 0 Å². The van der Waals surface area contributed by atoms with Crippen LogP contribution in [0.5, 0.6) is 0 Å². The Hall–Kier alpha value is 0.00338. The third-order valence-electron chi connectivity index (χ3n) is 5.11. The Bertz CT molecular complexity index is 382. The Labute approximate surface area is 210 Å². The number of carbonyl (C=O) groups excluding carboxylic acids is 2. The molecule has 4 nitrogen and oxygen atoms in total. The van der Waals surface area contributed by atoms with Crippen LogP contribution in [0.25, 0.3) is 0 Å². The van der Waals surface area contributed by atoms with E-state index >= 15 is 0 Å². The Morgan fingerprint density at radius 3 is 1.20 bits per heavy atom. The van der Waals surface area contributed by atoms with Gasteiger partial charge in [0.2, 0.25) is 0 Å². The third kappa shape index (κ3) is 30.2. The molecule has 0 radical (unpaired) electrons. The van der Waals surface area contributed by atoms with E-state index in [1.54, 1.807) is 4.90 Å². The Morgan fingerprint density at radius 2 is 0.967 bits per heavy atom. The van der Waals surface area contributed by atoms with Crippen LogP contribution in [0.15, 0.2) is 0 Å². The SMILES string of the molecule is CCCCCCCCCCCCCCCCCCN(C(=O)[S-])C(C)C.NC(=O)[S-].[Zn+2]. The summed E-state index contributed by atoms with van der Waals surface area (Å²) in [4.78, 5) is 22.2. The Balaban J connectivity index is -0.00000133. The van der Waals surface area contributed by atoms with E-state index < -0.39 is 5.24 Å². The molecule has 174 valence electrons. The van der Waals surface area contributed by atoms with Crippen molar-refractivity contribution in [3.8, 4) is 0 Å². The predicted octanol–water partition coefficient (Wildman–Crippen LogP) is 7.23. The van der Waals surface area contributed by atoms with Gasteiger partial charge in [0.1, 0.15) is 5.24 Å². The average Bonchev–Trinajstić information content (AvgIpc) is 2.63. The number of carbonyl (C=O) groups is 2. The van der Waals surface area contributed by atoms with Gasteiger partial charge in [-0.2, -0.15) is 0 Å². The molecular formula is C23H46N2O2S2Zn. The normalized spacial score (nSPS) is 10.1. The smallest absolute Gasteiger partial charge is 0.719 e. The largest absolute Gasteiger partial charge is 2.00 e. The molecule has 30 heavy (non-hydrogen) atoms. The maximum atomic E-state index is 11.3. The molecule has 0 atom stereocenters. The van der Waals surface area contributed by atoms with Crippen LogP contribution in [0.4, 0.5) is 9.59 Å². The minimum atomic E-state index is -0.750. The number of hydrogen-bond donors (Lipinski definition) is 1. The quantitative estimate of drug-likeness (QED) is 0.120. The molecule has 0 spiro atoms. The van der Waals surface area contributed by atoms with E-state index in [0.717, 1.165) is 13.0 Å². The molecule has 7 heteroatoms. The molecule has 0 heterocycles. The first-order valence-electron chi connectivity index (χ1n) is 11.8. The zero-order valence-corrected chi connectivity index (χ0v) is 24.6. The van der Waals surface area contributed by atoms with Crippen molar-refractivity contribution in [2.24, 2.45) is 5.73 Å². The zero-order chi connectivity index (χ0) is 22.3. The first kappa shape index (κ1) is 34.6. The van der Waals surface area contributed by atoms with Crippen LogP contribution in [0, 0.1) is 0 Å². The molecule has 2 amide bonds. The predicted molar refractivity (Wildman–Crippen MR) is 131 cm³/mol. The molecule has 0 aliphatic heterocycles. The Kier molecular flexibility index (Phi) is 31.2. The topological polar surface area (TPSA) is 63.4 Å². The second-order valence-corrected chi connectivity index (χ2v) is 8.93. The summed E-state index contributed by atoms with van der Waals surface area (Å²) >= 11 is 8.53. The first-order valence-corrected chi connectivity index (χ1v) is 12.6. The van der Waals surface area contributed by atoms with Crippen molar-refractivity contribution in [1.29, 1.82) is 0 Å². The van der Waals surface area contributed by atoms with Crippen LogP contribution in [0.3, 0.4) is 0 Å². The summed E-state index contributed by atoms with van der Waals surface area (Å²) in [5, 5.41) is -0.948. The first-order chi connectivity index (χ1) is 13.8. The fourth-order valence-corrected chi connectivity index (χ4v) is 3.69. The van der Waals surface area contributed by atoms with Crippen LogP contribution < -0.4 is 5.73 Å². The summed E-state index contributed by atoms with van der Waals surface area (Å²) in [6.45, 7) is 7.19. The Morgan fingerprint density at radius 1 is 0.700 bits per heavy atom. The molecule has 0 aliphatic rings. The number of rotatable bonds is 18. The maximum absolute atomic E-state index is 11.3. The van der Waals surface area contributed by atoms with Crippen LogP contribution in [-0.2, 0) is 44.7 Å². The molecule has 0 saturated heterocycles. The van der Waals surface area contributed by atoms with E-state index in [4.69, 9.17) is 17.4 Å². The van der Waals surface area contributed by atoms with E-state index in [-0.39, 0.29) is 30.8 Å². The number of hydrogen-bond acceptors (Lipinski definition) is 4. The third-order valence-corrected chi connectivity index (χ3v) is 5.34. The number of amides is 2. The van der Waals surface area contributed by atoms with Crippen molar-refractivity contribution in [3.05, 3.63) is 0 Å². The molecular weight excluding hydrogens is 466 g/mol. The summed E-state index contributed by atoms with van der Waals surface area (Å²) in [5.74, 6) is 0. The van der Waals surface area contributed by atoms with E-state index in [1.807, 2.05) is 13.8 Å². The van der Waals surface area contributed by atoms with Crippen LogP contribution in [0.2, 0.25) is 0 Å². The minimum Gasteiger partial charge on any atom is -0.719 e. The summed E-state index contributed by atoms with van der Waals surface area (Å²) in [5.41, 5.74) is 4.29.